The highest BCUT2D eigenvalue weighted by Gasteiger charge is 2.10. The van der Waals surface area contributed by atoms with Gasteiger partial charge in [0.1, 0.15) is 23.0 Å². The van der Waals surface area contributed by atoms with Crippen LogP contribution in [-0.4, -0.2) is 34.7 Å². The summed E-state index contributed by atoms with van der Waals surface area (Å²) in [6, 6.07) is 18.0. The normalized spacial score (nSPS) is 11.9. The summed E-state index contributed by atoms with van der Waals surface area (Å²) < 4.78 is 21.2. The number of hydrogen-bond donors (Lipinski definition) is 2. The second kappa shape index (κ2) is 14.7. The van der Waals surface area contributed by atoms with E-state index in [-0.39, 0.29) is 0 Å². The molecule has 2 atom stereocenters. The van der Waals surface area contributed by atoms with Crippen LogP contribution >= 0.6 is 0 Å². The molecule has 0 saturated heterocycles. The van der Waals surface area contributed by atoms with E-state index in [1.54, 1.807) is 72.8 Å². The van der Waals surface area contributed by atoms with Crippen molar-refractivity contribution in [2.45, 2.75) is 25.9 Å². The minimum absolute atomic E-state index is 0.315. The van der Waals surface area contributed by atoms with Gasteiger partial charge in [-0.2, -0.15) is 0 Å². The molecule has 0 heterocycles. The first-order chi connectivity index (χ1) is 19.3. The maximum absolute atomic E-state index is 12.3. The van der Waals surface area contributed by atoms with Crippen LogP contribution in [0.2, 0.25) is 0 Å². The van der Waals surface area contributed by atoms with E-state index in [0.717, 1.165) is 6.08 Å². The van der Waals surface area contributed by atoms with Crippen LogP contribution < -0.4 is 18.9 Å². The Hall–Kier alpha value is -5.10. The summed E-state index contributed by atoms with van der Waals surface area (Å²) in [5.74, 6) is 5.81. The van der Waals surface area contributed by atoms with Crippen LogP contribution in [0.1, 0.15) is 23.6 Å². The minimum Gasteiger partial charge on any atom is -0.461 e. The molecule has 3 rings (SSSR count). The molecule has 3 aromatic rings. The van der Waals surface area contributed by atoms with E-state index in [1.165, 1.54) is 12.2 Å². The molecule has 0 saturated carbocycles. The van der Waals surface area contributed by atoms with Gasteiger partial charge in [0.25, 0.3) is 6.29 Å². The molecule has 0 spiro atoms. The van der Waals surface area contributed by atoms with Crippen molar-refractivity contribution in [1.82, 2.24) is 0 Å². The third-order valence-electron chi connectivity index (χ3n) is 5.20. The Balaban J connectivity index is 1.57. The van der Waals surface area contributed by atoms with Gasteiger partial charge in [-0.1, -0.05) is 38.1 Å². The van der Waals surface area contributed by atoms with Gasteiger partial charge in [-0.05, 0) is 90.2 Å². The summed E-state index contributed by atoms with van der Waals surface area (Å²) in [5, 5.41) is 19.7. The summed E-state index contributed by atoms with van der Waals surface area (Å²) in [7, 11) is 0. The fraction of sp³-hybridized carbons (Fsp3) is 0.125. The number of hydrogen-bond acceptors (Lipinski definition) is 8. The summed E-state index contributed by atoms with van der Waals surface area (Å²) in [4.78, 5) is 23.6. The van der Waals surface area contributed by atoms with Crippen molar-refractivity contribution in [2.75, 3.05) is 0 Å². The van der Waals surface area contributed by atoms with E-state index in [4.69, 9.17) is 18.9 Å². The van der Waals surface area contributed by atoms with Gasteiger partial charge < -0.3 is 29.2 Å². The quantitative estimate of drug-likeness (QED) is 0.0907. The van der Waals surface area contributed by atoms with E-state index in [9.17, 15) is 19.8 Å². The van der Waals surface area contributed by atoms with Gasteiger partial charge in [-0.3, -0.25) is 0 Å². The average molecular weight is 541 g/mol. The van der Waals surface area contributed by atoms with Gasteiger partial charge in [0, 0.05) is 17.7 Å². The maximum Gasteiger partial charge on any atom is 0.336 e. The number of carbonyl (C=O) groups is 2. The summed E-state index contributed by atoms with van der Waals surface area (Å²) >= 11 is 0. The molecule has 0 aliphatic carbocycles. The number of aryl methyl sites for hydroxylation is 1. The Morgan fingerprint density at radius 3 is 2.17 bits per heavy atom. The second-order valence-corrected chi connectivity index (χ2v) is 8.08. The van der Waals surface area contributed by atoms with E-state index >= 15 is 0 Å². The molecule has 3 aromatic carbocycles. The van der Waals surface area contributed by atoms with E-state index in [2.05, 4.69) is 25.0 Å². The first kappa shape index (κ1) is 29.5. The van der Waals surface area contributed by atoms with Crippen molar-refractivity contribution in [1.29, 1.82) is 0 Å². The van der Waals surface area contributed by atoms with Gasteiger partial charge in [0.05, 0.1) is 0 Å². The highest BCUT2D eigenvalue weighted by atomic mass is 16.6. The molecular formula is C32H28O8. The zero-order valence-electron chi connectivity index (χ0n) is 21.8. The fourth-order valence-corrected chi connectivity index (χ4v) is 3.23. The van der Waals surface area contributed by atoms with Gasteiger partial charge in [0.2, 0.25) is 6.29 Å². The molecular weight excluding hydrogens is 512 g/mol. The monoisotopic (exact) mass is 540 g/mol. The second-order valence-electron chi connectivity index (χ2n) is 8.08. The lowest BCUT2D eigenvalue weighted by Crippen LogP contribution is -2.14. The molecule has 0 amide bonds. The molecule has 0 aliphatic heterocycles. The van der Waals surface area contributed by atoms with Crippen LogP contribution in [0.25, 0.3) is 6.08 Å². The number of benzene rings is 3. The molecule has 204 valence electrons. The topological polar surface area (TPSA) is 112 Å². The van der Waals surface area contributed by atoms with E-state index < -0.39 is 24.5 Å². The van der Waals surface area contributed by atoms with Crippen molar-refractivity contribution in [3.63, 3.8) is 0 Å². The number of ether oxygens (including phenoxy) is 4. The smallest absolute Gasteiger partial charge is 0.336 e. The van der Waals surface area contributed by atoms with Gasteiger partial charge in [-0.25, -0.2) is 9.59 Å². The molecule has 0 fully saturated rings. The number of aliphatic hydroxyl groups excluding tert-OH is 2. The first-order valence-electron chi connectivity index (χ1n) is 12.2. The predicted octanol–water partition coefficient (Wildman–Crippen LogP) is 4.59. The van der Waals surface area contributed by atoms with E-state index in [1.807, 2.05) is 6.92 Å². The van der Waals surface area contributed by atoms with E-state index in [0.29, 0.717) is 46.1 Å². The van der Waals surface area contributed by atoms with Crippen molar-refractivity contribution >= 4 is 18.0 Å². The fourth-order valence-electron chi connectivity index (χ4n) is 3.23. The predicted molar refractivity (Wildman–Crippen MR) is 150 cm³/mol. The highest BCUT2D eigenvalue weighted by molar-refractivity contribution is 5.88. The lowest BCUT2D eigenvalue weighted by atomic mass is 10.1. The molecule has 0 radical (unpaired) electrons. The minimum atomic E-state index is -1.40. The molecule has 0 aromatic heterocycles. The molecule has 2 N–H and O–H groups in total. The zero-order chi connectivity index (χ0) is 28.9. The van der Waals surface area contributed by atoms with Crippen LogP contribution in [0.4, 0.5) is 0 Å². The van der Waals surface area contributed by atoms with Crippen LogP contribution in [0.15, 0.2) is 98.1 Å². The summed E-state index contributed by atoms with van der Waals surface area (Å²) in [6.45, 7) is 8.68. The Morgan fingerprint density at radius 1 is 0.875 bits per heavy atom. The molecule has 2 unspecified atom stereocenters. The van der Waals surface area contributed by atoms with Crippen LogP contribution in [0.5, 0.6) is 23.0 Å². The molecule has 40 heavy (non-hydrogen) atoms. The summed E-state index contributed by atoms with van der Waals surface area (Å²) in [5.41, 5.74) is 2.03. The lowest BCUT2D eigenvalue weighted by molar-refractivity contribution is -0.129. The zero-order valence-corrected chi connectivity index (χ0v) is 21.8. The molecule has 0 bridgehead atoms. The van der Waals surface area contributed by atoms with Gasteiger partial charge >= 0.3 is 11.9 Å². The SMILES string of the molecule is C=CC(=O)Oc1ccc(/C=C/C(=O)Oc2ccc(OC(O)C#Cc3ccc(OC(O)C=C)cc3)c(CC)c2)cc1. The average Bonchev–Trinajstić information content (AvgIpc) is 2.97. The first-order valence-corrected chi connectivity index (χ1v) is 12.2. The number of carbonyl (C=O) groups excluding carboxylic acids is 2. The van der Waals surface area contributed by atoms with Crippen LogP contribution in [-0.2, 0) is 16.0 Å². The Morgan fingerprint density at radius 2 is 1.52 bits per heavy atom. The third-order valence-corrected chi connectivity index (χ3v) is 5.20. The number of aliphatic hydroxyl groups is 2. The van der Waals surface area contributed by atoms with Crippen LogP contribution in [0.3, 0.4) is 0 Å². The Kier molecular flexibility index (Phi) is 10.9. The summed E-state index contributed by atoms with van der Waals surface area (Å²) in [6.07, 6.45) is 3.23. The maximum atomic E-state index is 12.3. The van der Waals surface area contributed by atoms with Crippen molar-refractivity contribution in [2.24, 2.45) is 0 Å². The molecule has 0 aliphatic rings. The van der Waals surface area contributed by atoms with Crippen molar-refractivity contribution < 1.29 is 38.7 Å². The number of esters is 2. The highest BCUT2D eigenvalue weighted by Crippen LogP contribution is 2.26. The van der Waals surface area contributed by atoms with Gasteiger partial charge in [-0.15, -0.1) is 0 Å². The van der Waals surface area contributed by atoms with Crippen molar-refractivity contribution in [3.05, 3.63) is 115 Å². The third kappa shape index (κ3) is 9.33. The van der Waals surface area contributed by atoms with Crippen molar-refractivity contribution in [3.8, 4) is 34.8 Å². The Bertz CT molecular complexity index is 1430. The number of rotatable bonds is 11. The standard InChI is InChI=1S/C32H28O8/c1-4-24-21-27(39-31(35)19-11-22-7-13-25(14-8-22)37-29(33)5-2)17-18-28(24)40-32(36)20-12-23-9-15-26(16-10-23)38-30(34)6-3/h5-11,13-19,21,30,32,34,36H,2-4H2,1H3/b19-11+. The molecule has 8 heteroatoms. The lowest BCUT2D eigenvalue weighted by Gasteiger charge is -2.13. The Labute approximate surface area is 232 Å². The van der Waals surface area contributed by atoms with Gasteiger partial charge in [0.15, 0.2) is 0 Å². The largest absolute Gasteiger partial charge is 0.461 e. The van der Waals surface area contributed by atoms with Crippen LogP contribution in [0, 0.1) is 11.8 Å². The molecule has 8 nitrogen and oxygen atoms in total.